The molecule has 1 rings (SSSR count). The summed E-state index contributed by atoms with van der Waals surface area (Å²) in [7, 11) is 0. The first-order valence-corrected chi connectivity index (χ1v) is 4.09. The van der Waals surface area contributed by atoms with Gasteiger partial charge in [0.15, 0.2) is 0 Å². The van der Waals surface area contributed by atoms with E-state index in [9.17, 15) is 4.79 Å². The molecule has 5 nitrogen and oxygen atoms in total. The summed E-state index contributed by atoms with van der Waals surface area (Å²) in [5.74, 6) is -0.765. The van der Waals surface area contributed by atoms with Crippen LogP contribution in [0, 0.1) is 0 Å². The van der Waals surface area contributed by atoms with Crippen LogP contribution in [0.25, 0.3) is 0 Å². The van der Waals surface area contributed by atoms with E-state index in [1.54, 1.807) is 12.1 Å². The van der Waals surface area contributed by atoms with Crippen molar-refractivity contribution in [2.45, 2.75) is 19.3 Å². The zero-order valence-corrected chi connectivity index (χ0v) is 7.62. The summed E-state index contributed by atoms with van der Waals surface area (Å²) in [4.78, 5) is 14.9. The maximum atomic E-state index is 11.2. The van der Waals surface area contributed by atoms with Crippen LogP contribution in [0.3, 0.4) is 0 Å². The molecule has 0 aromatic carbocycles. The zero-order chi connectivity index (χ0) is 10.6. The molecule has 2 unspecified atom stereocenters. The molecular formula is C9H11NO4. The predicted octanol–water partition coefficient (Wildman–Crippen LogP) is -0.0624. The average Bonchev–Trinajstić information content (AvgIpc) is 2.19. The molecule has 5 heteroatoms. The molecule has 1 heterocycles. The average molecular weight is 197 g/mol. The number of carbonyl (C=O) groups is 1. The lowest BCUT2D eigenvalue weighted by Crippen LogP contribution is -2.28. The number of aromatic nitrogens is 1. The Bertz CT molecular complexity index is 299. The number of pyridine rings is 1. The van der Waals surface area contributed by atoms with Crippen LogP contribution in [-0.2, 0) is 4.74 Å². The van der Waals surface area contributed by atoms with Gasteiger partial charge in [-0.15, -0.1) is 0 Å². The van der Waals surface area contributed by atoms with Crippen molar-refractivity contribution in [3.8, 4) is 0 Å². The van der Waals surface area contributed by atoms with Crippen LogP contribution in [0.5, 0.6) is 0 Å². The van der Waals surface area contributed by atoms with Crippen LogP contribution < -0.4 is 0 Å². The summed E-state index contributed by atoms with van der Waals surface area (Å²) >= 11 is 0. The maximum absolute atomic E-state index is 11.2. The second kappa shape index (κ2) is 4.69. The van der Waals surface area contributed by atoms with E-state index >= 15 is 0 Å². The largest absolute Gasteiger partial charge is 0.428 e. The van der Waals surface area contributed by atoms with Crippen molar-refractivity contribution < 1.29 is 19.7 Å². The number of rotatable bonds is 3. The van der Waals surface area contributed by atoms with E-state index in [1.165, 1.54) is 19.2 Å². The Labute approximate surface area is 81.0 Å². The summed E-state index contributed by atoms with van der Waals surface area (Å²) in [5, 5.41) is 17.9. The third kappa shape index (κ3) is 2.79. The third-order valence-corrected chi connectivity index (χ3v) is 1.51. The molecule has 76 valence electrons. The van der Waals surface area contributed by atoms with E-state index < -0.39 is 18.4 Å². The van der Waals surface area contributed by atoms with Gasteiger partial charge >= 0.3 is 5.97 Å². The van der Waals surface area contributed by atoms with Crippen molar-refractivity contribution in [3.05, 3.63) is 30.1 Å². The van der Waals surface area contributed by atoms with Crippen LogP contribution in [0.2, 0.25) is 0 Å². The van der Waals surface area contributed by atoms with Crippen LogP contribution in [0.4, 0.5) is 0 Å². The summed E-state index contributed by atoms with van der Waals surface area (Å²) in [5.41, 5.74) is 0.0900. The number of aliphatic hydroxyl groups is 2. The van der Waals surface area contributed by atoms with E-state index in [4.69, 9.17) is 10.2 Å². The van der Waals surface area contributed by atoms with E-state index in [0.29, 0.717) is 0 Å². The highest BCUT2D eigenvalue weighted by Crippen LogP contribution is 2.01. The summed E-state index contributed by atoms with van der Waals surface area (Å²) < 4.78 is 4.50. The van der Waals surface area contributed by atoms with E-state index in [0.717, 1.165) is 0 Å². The third-order valence-electron chi connectivity index (χ3n) is 1.51. The molecule has 2 atom stereocenters. The molecule has 0 saturated heterocycles. The number of nitrogens with zero attached hydrogens (tertiary/aromatic N) is 1. The molecule has 1 aromatic rings. The Morgan fingerprint density at radius 2 is 2.21 bits per heavy atom. The molecule has 0 bridgehead atoms. The molecule has 1 aromatic heterocycles. The van der Waals surface area contributed by atoms with Crippen LogP contribution in [0.1, 0.15) is 17.4 Å². The predicted molar refractivity (Wildman–Crippen MR) is 47.3 cm³/mol. The topological polar surface area (TPSA) is 79.6 Å². The molecule has 0 aliphatic rings. The fourth-order valence-electron chi connectivity index (χ4n) is 0.752. The van der Waals surface area contributed by atoms with Gasteiger partial charge in [-0.3, -0.25) is 0 Å². The molecule has 0 fully saturated rings. The SMILES string of the molecule is CC(O)C(O)OC(=O)c1ccccn1. The highest BCUT2D eigenvalue weighted by Gasteiger charge is 2.17. The van der Waals surface area contributed by atoms with E-state index in [-0.39, 0.29) is 5.69 Å². The van der Waals surface area contributed by atoms with Crippen molar-refractivity contribution in [1.82, 2.24) is 4.98 Å². The maximum Gasteiger partial charge on any atom is 0.359 e. The molecule has 0 radical (unpaired) electrons. The number of hydrogen-bond donors (Lipinski definition) is 2. The first kappa shape index (κ1) is 10.6. The van der Waals surface area contributed by atoms with Crippen LogP contribution in [0.15, 0.2) is 24.4 Å². The molecule has 0 aliphatic carbocycles. The smallest absolute Gasteiger partial charge is 0.359 e. The van der Waals surface area contributed by atoms with Gasteiger partial charge in [-0.05, 0) is 19.1 Å². The summed E-state index contributed by atoms with van der Waals surface area (Å²) in [6.07, 6.45) is -1.21. The Balaban J connectivity index is 2.60. The Morgan fingerprint density at radius 1 is 1.50 bits per heavy atom. The van der Waals surface area contributed by atoms with Crippen molar-refractivity contribution in [2.75, 3.05) is 0 Å². The van der Waals surface area contributed by atoms with Gasteiger partial charge in [-0.1, -0.05) is 6.07 Å². The Hall–Kier alpha value is -1.46. The lowest BCUT2D eigenvalue weighted by atomic mass is 10.3. The van der Waals surface area contributed by atoms with Gasteiger partial charge in [0.1, 0.15) is 11.8 Å². The van der Waals surface area contributed by atoms with Gasteiger partial charge in [-0.25, -0.2) is 9.78 Å². The quantitative estimate of drug-likeness (QED) is 0.524. The van der Waals surface area contributed by atoms with Crippen LogP contribution >= 0.6 is 0 Å². The monoisotopic (exact) mass is 197 g/mol. The highest BCUT2D eigenvalue weighted by molar-refractivity contribution is 5.87. The molecule has 2 N–H and O–H groups in total. The van der Waals surface area contributed by atoms with Crippen LogP contribution in [-0.4, -0.2) is 33.6 Å². The Kier molecular flexibility index (Phi) is 3.55. The van der Waals surface area contributed by atoms with Gasteiger partial charge in [0.25, 0.3) is 0 Å². The fraction of sp³-hybridized carbons (Fsp3) is 0.333. The lowest BCUT2D eigenvalue weighted by molar-refractivity contribution is -0.123. The highest BCUT2D eigenvalue weighted by atomic mass is 16.6. The van der Waals surface area contributed by atoms with Gasteiger partial charge in [-0.2, -0.15) is 0 Å². The van der Waals surface area contributed by atoms with Crippen molar-refractivity contribution in [1.29, 1.82) is 0 Å². The van der Waals surface area contributed by atoms with Crippen molar-refractivity contribution in [3.63, 3.8) is 0 Å². The fourth-order valence-corrected chi connectivity index (χ4v) is 0.752. The van der Waals surface area contributed by atoms with Gasteiger partial charge in [0.2, 0.25) is 6.29 Å². The minimum atomic E-state index is -1.52. The summed E-state index contributed by atoms with van der Waals surface area (Å²) in [6.45, 7) is 1.32. The molecule has 0 aliphatic heterocycles. The molecule has 14 heavy (non-hydrogen) atoms. The molecule has 0 spiro atoms. The number of hydrogen-bond acceptors (Lipinski definition) is 5. The van der Waals surface area contributed by atoms with E-state index in [2.05, 4.69) is 9.72 Å². The lowest BCUT2D eigenvalue weighted by Gasteiger charge is -2.13. The van der Waals surface area contributed by atoms with Gasteiger partial charge < -0.3 is 14.9 Å². The number of esters is 1. The van der Waals surface area contributed by atoms with Gasteiger partial charge in [0.05, 0.1) is 0 Å². The molecular weight excluding hydrogens is 186 g/mol. The molecule has 0 amide bonds. The summed E-state index contributed by atoms with van der Waals surface area (Å²) in [6, 6.07) is 4.73. The standard InChI is InChI=1S/C9H11NO4/c1-6(11)8(12)14-9(13)7-4-2-3-5-10-7/h2-6,8,11-12H,1H3. The Morgan fingerprint density at radius 3 is 2.71 bits per heavy atom. The first-order chi connectivity index (χ1) is 6.61. The van der Waals surface area contributed by atoms with Gasteiger partial charge in [0, 0.05) is 6.20 Å². The van der Waals surface area contributed by atoms with Crippen molar-refractivity contribution in [2.24, 2.45) is 0 Å². The second-order valence-electron chi connectivity index (χ2n) is 2.75. The number of ether oxygens (including phenoxy) is 1. The van der Waals surface area contributed by atoms with E-state index in [1.807, 2.05) is 0 Å². The zero-order valence-electron chi connectivity index (χ0n) is 7.62. The minimum absolute atomic E-state index is 0.0900. The first-order valence-electron chi connectivity index (χ1n) is 4.09. The normalized spacial score (nSPS) is 14.5. The number of carbonyl (C=O) groups excluding carboxylic acids is 1. The van der Waals surface area contributed by atoms with Crippen molar-refractivity contribution >= 4 is 5.97 Å². The second-order valence-corrected chi connectivity index (χ2v) is 2.75. The minimum Gasteiger partial charge on any atom is -0.428 e. The number of aliphatic hydroxyl groups excluding tert-OH is 2. The molecule has 0 saturated carbocycles.